The Morgan fingerprint density at radius 3 is 1.81 bits per heavy atom. The average Bonchev–Trinajstić information content (AvgIpc) is 2.56. The molecule has 1 N–H and O–H groups in total. The third kappa shape index (κ3) is 6.69. The molecule has 0 bridgehead atoms. The highest BCUT2D eigenvalue weighted by Gasteiger charge is 2.14. The van der Waals surface area contributed by atoms with Crippen molar-refractivity contribution in [3.8, 4) is 0 Å². The molecule has 0 fully saturated rings. The molecule has 0 unspecified atom stereocenters. The molecule has 0 aliphatic heterocycles. The molecule has 0 aliphatic rings. The van der Waals surface area contributed by atoms with E-state index in [0.29, 0.717) is 11.8 Å². The molecule has 0 aliphatic carbocycles. The standard InChI is InChI=1S/C7H6FNO3.C7H4FNO3.2CH4/c2*8-6-2-1-5(4-10)3-7(6)9(11)12;;/h1-3,10H,4H2;1-4H;2*1H4. The van der Waals surface area contributed by atoms with Crippen LogP contribution < -0.4 is 0 Å². The summed E-state index contributed by atoms with van der Waals surface area (Å²) in [6, 6.07) is 6.22. The third-order valence-corrected chi connectivity index (χ3v) is 2.69. The first-order chi connectivity index (χ1) is 11.3. The van der Waals surface area contributed by atoms with E-state index >= 15 is 0 Å². The fourth-order valence-electron chi connectivity index (χ4n) is 1.54. The maximum absolute atomic E-state index is 12.6. The van der Waals surface area contributed by atoms with Crippen LogP contribution in [0.3, 0.4) is 0 Å². The summed E-state index contributed by atoms with van der Waals surface area (Å²) < 4.78 is 25.2. The molecule has 0 radical (unpaired) electrons. The second kappa shape index (κ2) is 11.3. The van der Waals surface area contributed by atoms with E-state index in [9.17, 15) is 33.8 Å². The van der Waals surface area contributed by atoms with Crippen LogP contribution in [-0.4, -0.2) is 21.2 Å². The maximum atomic E-state index is 12.6. The highest BCUT2D eigenvalue weighted by Crippen LogP contribution is 2.18. The van der Waals surface area contributed by atoms with Gasteiger partial charge in [-0.05, 0) is 23.8 Å². The molecule has 0 amide bonds. The molecule has 8 nitrogen and oxygen atoms in total. The fourth-order valence-corrected chi connectivity index (χ4v) is 1.54. The van der Waals surface area contributed by atoms with Gasteiger partial charge in [0.05, 0.1) is 16.5 Å². The molecule has 2 rings (SSSR count). The summed E-state index contributed by atoms with van der Waals surface area (Å²) in [5.41, 5.74) is -0.882. The second-order valence-electron chi connectivity index (χ2n) is 4.29. The molecule has 2 aromatic rings. The summed E-state index contributed by atoms with van der Waals surface area (Å²) in [5, 5.41) is 28.9. The number of aliphatic hydroxyl groups is 1. The van der Waals surface area contributed by atoms with E-state index in [1.165, 1.54) is 12.1 Å². The van der Waals surface area contributed by atoms with Gasteiger partial charge in [-0.25, -0.2) is 0 Å². The van der Waals surface area contributed by atoms with Crippen LogP contribution in [0.15, 0.2) is 36.4 Å². The van der Waals surface area contributed by atoms with Gasteiger partial charge < -0.3 is 5.11 Å². The normalized spacial score (nSPS) is 8.88. The van der Waals surface area contributed by atoms with E-state index in [-0.39, 0.29) is 27.0 Å². The molecule has 2 aromatic carbocycles. The zero-order valence-corrected chi connectivity index (χ0v) is 11.9. The van der Waals surface area contributed by atoms with E-state index in [1.807, 2.05) is 0 Å². The van der Waals surface area contributed by atoms with E-state index in [4.69, 9.17) is 5.11 Å². The predicted molar refractivity (Wildman–Crippen MR) is 90.9 cm³/mol. The maximum Gasteiger partial charge on any atom is 0.305 e. The van der Waals surface area contributed by atoms with Crippen LogP contribution in [0, 0.1) is 31.9 Å². The number of halogens is 2. The molecule has 0 atom stereocenters. The van der Waals surface area contributed by atoms with Gasteiger partial charge in [-0.3, -0.25) is 25.0 Å². The van der Waals surface area contributed by atoms with E-state index in [0.717, 1.165) is 24.3 Å². The summed E-state index contributed by atoms with van der Waals surface area (Å²) in [7, 11) is 0. The lowest BCUT2D eigenvalue weighted by Gasteiger charge is -1.96. The number of carbonyl (C=O) groups is 1. The SMILES string of the molecule is C.C.O=Cc1ccc(F)c([N+](=O)[O-])c1.O=[N+]([O-])c1cc(CO)ccc1F. The third-order valence-electron chi connectivity index (χ3n) is 2.69. The summed E-state index contributed by atoms with van der Waals surface area (Å²) in [6.45, 7) is -0.332. The number of nitrogens with zero attached hydrogens (tertiary/aromatic N) is 2. The number of aldehydes is 1. The number of nitro benzene ring substituents is 2. The molecule has 26 heavy (non-hydrogen) atoms. The Morgan fingerprint density at radius 2 is 1.38 bits per heavy atom. The first kappa shape index (κ1) is 25.0. The van der Waals surface area contributed by atoms with Crippen LogP contribution >= 0.6 is 0 Å². The summed E-state index contributed by atoms with van der Waals surface area (Å²) in [4.78, 5) is 28.8. The van der Waals surface area contributed by atoms with Gasteiger partial charge in [-0.2, -0.15) is 8.78 Å². The van der Waals surface area contributed by atoms with Gasteiger partial charge in [0.1, 0.15) is 6.29 Å². The molecule has 0 saturated heterocycles. The number of hydrogen-bond donors (Lipinski definition) is 1. The summed E-state index contributed by atoms with van der Waals surface area (Å²) >= 11 is 0. The Balaban J connectivity index is 0. The minimum Gasteiger partial charge on any atom is -0.392 e. The number of rotatable bonds is 4. The van der Waals surface area contributed by atoms with Crippen molar-refractivity contribution in [1.82, 2.24) is 0 Å². The fraction of sp³-hybridized carbons (Fsp3) is 0.188. The lowest BCUT2D eigenvalue weighted by molar-refractivity contribution is -0.387. The Kier molecular flexibility index (Phi) is 10.9. The Hall–Kier alpha value is -3.27. The van der Waals surface area contributed by atoms with Gasteiger partial charge in [0, 0.05) is 17.7 Å². The van der Waals surface area contributed by atoms with Gasteiger partial charge in [0.2, 0.25) is 11.6 Å². The molecule has 0 aromatic heterocycles. The summed E-state index contributed by atoms with van der Waals surface area (Å²) in [6.07, 6.45) is 0.423. The molecule has 10 heteroatoms. The Labute approximate surface area is 148 Å². The van der Waals surface area contributed by atoms with E-state index in [2.05, 4.69) is 0 Å². The van der Waals surface area contributed by atoms with Crippen molar-refractivity contribution in [2.24, 2.45) is 0 Å². The number of hydrogen-bond acceptors (Lipinski definition) is 6. The van der Waals surface area contributed by atoms with Gasteiger partial charge in [0.15, 0.2) is 0 Å². The van der Waals surface area contributed by atoms with Crippen LogP contribution in [0.25, 0.3) is 0 Å². The van der Waals surface area contributed by atoms with Crippen molar-refractivity contribution in [3.63, 3.8) is 0 Å². The van der Waals surface area contributed by atoms with Crippen LogP contribution in [0.5, 0.6) is 0 Å². The molecule has 142 valence electrons. The quantitative estimate of drug-likeness (QED) is 0.491. The zero-order chi connectivity index (χ0) is 18.3. The number of aliphatic hydroxyl groups excluding tert-OH is 1. The monoisotopic (exact) mass is 372 g/mol. The first-order valence-corrected chi connectivity index (χ1v) is 6.23. The highest BCUT2D eigenvalue weighted by molar-refractivity contribution is 5.76. The van der Waals surface area contributed by atoms with Crippen molar-refractivity contribution >= 4 is 17.7 Å². The second-order valence-corrected chi connectivity index (χ2v) is 4.29. The Morgan fingerprint density at radius 1 is 0.923 bits per heavy atom. The average molecular weight is 372 g/mol. The van der Waals surface area contributed by atoms with Crippen LogP contribution in [0.4, 0.5) is 20.2 Å². The van der Waals surface area contributed by atoms with Crippen molar-refractivity contribution in [2.45, 2.75) is 21.5 Å². The van der Waals surface area contributed by atoms with Gasteiger partial charge in [-0.15, -0.1) is 0 Å². The van der Waals surface area contributed by atoms with Crippen LogP contribution in [-0.2, 0) is 6.61 Å². The highest BCUT2D eigenvalue weighted by atomic mass is 19.1. The minimum atomic E-state index is -0.939. The number of benzene rings is 2. The molecule has 0 saturated carbocycles. The minimum absolute atomic E-state index is 0. The first-order valence-electron chi connectivity index (χ1n) is 6.23. The van der Waals surface area contributed by atoms with E-state index in [1.54, 1.807) is 0 Å². The van der Waals surface area contributed by atoms with Crippen LogP contribution in [0.1, 0.15) is 30.8 Å². The van der Waals surface area contributed by atoms with Gasteiger partial charge >= 0.3 is 11.4 Å². The van der Waals surface area contributed by atoms with Crippen molar-refractivity contribution in [1.29, 1.82) is 0 Å². The lowest BCUT2D eigenvalue weighted by Crippen LogP contribution is -1.94. The lowest BCUT2D eigenvalue weighted by atomic mass is 10.2. The van der Waals surface area contributed by atoms with Gasteiger partial charge in [-0.1, -0.05) is 20.9 Å². The smallest absolute Gasteiger partial charge is 0.305 e. The zero-order valence-electron chi connectivity index (χ0n) is 11.9. The molecular formula is C16H18F2N2O6. The molecular weight excluding hydrogens is 354 g/mol. The Bertz CT molecular complexity index is 783. The topological polar surface area (TPSA) is 124 Å². The molecule has 0 spiro atoms. The van der Waals surface area contributed by atoms with Crippen molar-refractivity contribution in [3.05, 3.63) is 79.4 Å². The predicted octanol–water partition coefficient (Wildman–Crippen LogP) is 4.04. The number of carbonyl (C=O) groups excluding carboxylic acids is 1. The van der Waals surface area contributed by atoms with Crippen molar-refractivity contribution in [2.75, 3.05) is 0 Å². The number of nitro groups is 2. The van der Waals surface area contributed by atoms with Crippen molar-refractivity contribution < 1.29 is 28.5 Å². The van der Waals surface area contributed by atoms with Gasteiger partial charge in [0.25, 0.3) is 0 Å². The van der Waals surface area contributed by atoms with E-state index < -0.39 is 32.9 Å². The van der Waals surface area contributed by atoms with Crippen LogP contribution in [0.2, 0.25) is 0 Å². The summed E-state index contributed by atoms with van der Waals surface area (Å²) in [5.74, 6) is -1.83. The molecule has 0 heterocycles. The largest absolute Gasteiger partial charge is 0.392 e.